The van der Waals surface area contributed by atoms with Gasteiger partial charge in [0.25, 0.3) is 0 Å². The minimum Gasteiger partial charge on any atom is -0.363 e. The lowest BCUT2D eigenvalue weighted by Crippen LogP contribution is -2.54. The van der Waals surface area contributed by atoms with Crippen LogP contribution in [-0.4, -0.2) is 20.9 Å². The Bertz CT molecular complexity index is 242. The van der Waals surface area contributed by atoms with Crippen LogP contribution in [-0.2, 0) is 4.74 Å². The summed E-state index contributed by atoms with van der Waals surface area (Å²) in [5.74, 6) is 0. The molecule has 0 unspecified atom stereocenters. The first-order valence-electron chi connectivity index (χ1n) is 4.58. The Morgan fingerprint density at radius 2 is 1.86 bits per heavy atom. The van der Waals surface area contributed by atoms with E-state index in [-0.39, 0.29) is 16.0 Å². The quantitative estimate of drug-likeness (QED) is 0.646. The van der Waals surface area contributed by atoms with Crippen molar-refractivity contribution in [1.29, 1.82) is 0 Å². The highest BCUT2D eigenvalue weighted by atomic mass is 79.9. The van der Waals surface area contributed by atoms with Crippen molar-refractivity contribution in [2.24, 2.45) is 0 Å². The van der Waals surface area contributed by atoms with E-state index in [2.05, 4.69) is 45.7 Å². The van der Waals surface area contributed by atoms with Crippen LogP contribution in [0.25, 0.3) is 0 Å². The van der Waals surface area contributed by atoms with Crippen molar-refractivity contribution in [2.75, 3.05) is 0 Å². The molecule has 0 aromatic rings. The summed E-state index contributed by atoms with van der Waals surface area (Å²) in [5, 5.41) is 0. The maximum Gasteiger partial charge on any atom is 0.0978 e. The standard InChI is InChI=1S/C10H15Br2ClO/c1-9(2)7(11)6-8(12)10(3,14-9)4-5-13/h4-5,7-8H,6H2,1-3H3/b5-4+/t7-,8-,10-/m0/s1. The Labute approximate surface area is 107 Å². The summed E-state index contributed by atoms with van der Waals surface area (Å²) in [4.78, 5) is 0.638. The van der Waals surface area contributed by atoms with Crippen molar-refractivity contribution >= 4 is 43.5 Å². The lowest BCUT2D eigenvalue weighted by molar-refractivity contribution is -0.129. The van der Waals surface area contributed by atoms with Crippen LogP contribution in [0.2, 0.25) is 0 Å². The minimum atomic E-state index is -0.324. The molecule has 1 aliphatic rings. The molecule has 82 valence electrons. The summed E-state index contributed by atoms with van der Waals surface area (Å²) in [6.07, 6.45) is 2.92. The molecule has 0 aromatic heterocycles. The maximum atomic E-state index is 6.06. The van der Waals surface area contributed by atoms with Crippen LogP contribution >= 0.6 is 43.5 Å². The number of hydrogen-bond donors (Lipinski definition) is 0. The summed E-state index contributed by atoms with van der Waals surface area (Å²) in [6, 6.07) is 0. The largest absolute Gasteiger partial charge is 0.363 e. The number of halogens is 3. The fraction of sp³-hybridized carbons (Fsp3) is 0.800. The van der Waals surface area contributed by atoms with E-state index in [0.29, 0.717) is 4.83 Å². The van der Waals surface area contributed by atoms with Crippen molar-refractivity contribution in [3.05, 3.63) is 11.6 Å². The average Bonchev–Trinajstić information content (AvgIpc) is 2.01. The van der Waals surface area contributed by atoms with Gasteiger partial charge in [-0.1, -0.05) is 43.5 Å². The zero-order chi connectivity index (χ0) is 11.0. The maximum absolute atomic E-state index is 6.06. The third kappa shape index (κ3) is 2.55. The van der Waals surface area contributed by atoms with Crippen molar-refractivity contribution in [2.45, 2.75) is 48.0 Å². The molecule has 0 saturated carbocycles. The molecule has 4 heteroatoms. The van der Waals surface area contributed by atoms with E-state index < -0.39 is 0 Å². The zero-order valence-corrected chi connectivity index (χ0v) is 12.5. The van der Waals surface area contributed by atoms with Gasteiger partial charge in [0.2, 0.25) is 0 Å². The van der Waals surface area contributed by atoms with Crippen molar-refractivity contribution in [3.63, 3.8) is 0 Å². The first-order valence-corrected chi connectivity index (χ1v) is 6.85. The van der Waals surface area contributed by atoms with Gasteiger partial charge in [0.1, 0.15) is 0 Å². The fourth-order valence-corrected chi connectivity index (χ4v) is 3.50. The molecule has 0 aromatic carbocycles. The van der Waals surface area contributed by atoms with E-state index in [1.54, 1.807) is 0 Å². The van der Waals surface area contributed by atoms with Gasteiger partial charge in [-0.15, -0.1) is 0 Å². The molecule has 1 fully saturated rings. The van der Waals surface area contributed by atoms with Crippen molar-refractivity contribution in [1.82, 2.24) is 0 Å². The van der Waals surface area contributed by atoms with Gasteiger partial charge in [0.05, 0.1) is 11.2 Å². The van der Waals surface area contributed by atoms with Crippen molar-refractivity contribution < 1.29 is 4.74 Å². The third-order valence-electron chi connectivity index (χ3n) is 2.67. The molecule has 0 bridgehead atoms. The number of hydrogen-bond acceptors (Lipinski definition) is 1. The molecule has 3 atom stereocenters. The summed E-state index contributed by atoms with van der Waals surface area (Å²) in [7, 11) is 0. The lowest BCUT2D eigenvalue weighted by atomic mass is 9.88. The SMILES string of the molecule is CC1(C)O[C@@](C)(/C=C/Cl)[C@@H](Br)C[C@@H]1Br. The molecule has 1 saturated heterocycles. The van der Waals surface area contributed by atoms with Gasteiger partial charge in [-0.2, -0.15) is 0 Å². The van der Waals surface area contributed by atoms with Crippen LogP contribution in [0.5, 0.6) is 0 Å². The summed E-state index contributed by atoms with van der Waals surface area (Å²) >= 11 is 12.9. The summed E-state index contributed by atoms with van der Waals surface area (Å²) < 4.78 is 6.06. The molecule has 1 aliphatic heterocycles. The van der Waals surface area contributed by atoms with Gasteiger partial charge in [-0.3, -0.25) is 0 Å². The number of alkyl halides is 2. The van der Waals surface area contributed by atoms with E-state index in [0.717, 1.165) is 6.42 Å². The number of ether oxygens (including phenoxy) is 1. The van der Waals surface area contributed by atoms with Gasteiger partial charge in [-0.25, -0.2) is 0 Å². The zero-order valence-electron chi connectivity index (χ0n) is 8.56. The predicted molar refractivity (Wildman–Crippen MR) is 68.6 cm³/mol. The van der Waals surface area contributed by atoms with Gasteiger partial charge < -0.3 is 4.74 Å². The molecule has 0 radical (unpaired) electrons. The van der Waals surface area contributed by atoms with Crippen LogP contribution in [0, 0.1) is 0 Å². The van der Waals surface area contributed by atoms with Crippen LogP contribution < -0.4 is 0 Å². The van der Waals surface area contributed by atoms with Crippen LogP contribution in [0.15, 0.2) is 11.6 Å². The highest BCUT2D eigenvalue weighted by Crippen LogP contribution is 2.43. The van der Waals surface area contributed by atoms with E-state index in [9.17, 15) is 0 Å². The van der Waals surface area contributed by atoms with E-state index in [1.807, 2.05) is 13.0 Å². The molecule has 0 spiro atoms. The van der Waals surface area contributed by atoms with Crippen molar-refractivity contribution in [3.8, 4) is 0 Å². The second-order valence-electron chi connectivity index (χ2n) is 4.35. The van der Waals surface area contributed by atoms with E-state index >= 15 is 0 Å². The molecular formula is C10H15Br2ClO. The Morgan fingerprint density at radius 1 is 1.29 bits per heavy atom. The Kier molecular flexibility index (Phi) is 4.13. The minimum absolute atomic E-state index is 0.171. The first kappa shape index (κ1) is 13.0. The van der Waals surface area contributed by atoms with Gasteiger partial charge in [0, 0.05) is 15.2 Å². The van der Waals surface area contributed by atoms with Gasteiger partial charge in [-0.05, 0) is 33.3 Å². The van der Waals surface area contributed by atoms with Crippen LogP contribution in [0.4, 0.5) is 0 Å². The molecule has 1 heterocycles. The molecule has 1 nitrogen and oxygen atoms in total. The second-order valence-corrected chi connectivity index (χ2v) is 6.82. The average molecular weight is 346 g/mol. The highest BCUT2D eigenvalue weighted by molar-refractivity contribution is 9.10. The monoisotopic (exact) mass is 344 g/mol. The number of rotatable bonds is 1. The fourth-order valence-electron chi connectivity index (χ4n) is 1.66. The molecule has 0 aliphatic carbocycles. The second kappa shape index (κ2) is 4.44. The Hall–Kier alpha value is 0.950. The van der Waals surface area contributed by atoms with Gasteiger partial charge in [0.15, 0.2) is 0 Å². The first-order chi connectivity index (χ1) is 6.32. The molecule has 14 heavy (non-hydrogen) atoms. The smallest absolute Gasteiger partial charge is 0.0978 e. The highest BCUT2D eigenvalue weighted by Gasteiger charge is 2.46. The normalized spacial score (nSPS) is 43.0. The van der Waals surface area contributed by atoms with Crippen LogP contribution in [0.3, 0.4) is 0 Å². The molecule has 1 rings (SSSR count). The van der Waals surface area contributed by atoms with E-state index in [4.69, 9.17) is 16.3 Å². The topological polar surface area (TPSA) is 9.23 Å². The van der Waals surface area contributed by atoms with Gasteiger partial charge >= 0.3 is 0 Å². The Balaban J connectivity index is 2.89. The third-order valence-corrected chi connectivity index (χ3v) is 5.55. The summed E-state index contributed by atoms with van der Waals surface area (Å²) in [5.41, 5.74) is 1.03. The predicted octanol–water partition coefficient (Wildman–Crippen LogP) is 4.22. The summed E-state index contributed by atoms with van der Waals surface area (Å²) in [6.45, 7) is 6.23. The lowest BCUT2D eigenvalue weighted by Gasteiger charge is -2.48. The van der Waals surface area contributed by atoms with E-state index in [1.165, 1.54) is 5.54 Å². The molecular weight excluding hydrogens is 331 g/mol. The molecule has 0 amide bonds. The van der Waals surface area contributed by atoms with Crippen LogP contribution in [0.1, 0.15) is 27.2 Å². The molecule has 0 N–H and O–H groups in total. The Morgan fingerprint density at radius 3 is 2.36 bits per heavy atom.